The normalized spacial score (nSPS) is 14.6. The van der Waals surface area contributed by atoms with E-state index < -0.39 is 0 Å². The molecule has 116 valence electrons. The van der Waals surface area contributed by atoms with Crippen LogP contribution in [0, 0.1) is 0 Å². The summed E-state index contributed by atoms with van der Waals surface area (Å²) in [6.07, 6.45) is 1.07. The van der Waals surface area contributed by atoms with Crippen molar-refractivity contribution in [1.29, 1.82) is 0 Å². The maximum atomic E-state index is 4.39. The van der Waals surface area contributed by atoms with Crippen LogP contribution in [0.15, 0.2) is 65.8 Å². The third-order valence-electron chi connectivity index (χ3n) is 4.03. The molecule has 0 spiro atoms. The number of fused-ring (bicyclic) bond motifs is 1. The molecule has 23 heavy (non-hydrogen) atoms. The Labute approximate surface area is 140 Å². The molecule has 4 nitrogen and oxygen atoms in total. The zero-order valence-electron chi connectivity index (χ0n) is 12.8. The number of nitrogens with zero attached hydrogens (tertiary/aromatic N) is 4. The number of benzene rings is 2. The van der Waals surface area contributed by atoms with E-state index in [2.05, 4.69) is 62.1 Å². The lowest BCUT2D eigenvalue weighted by molar-refractivity contribution is 0.242. The zero-order valence-corrected chi connectivity index (χ0v) is 13.6. The first-order valence-electron chi connectivity index (χ1n) is 7.78. The molecular weight excluding hydrogens is 304 g/mol. The molecule has 4 rings (SSSR count). The van der Waals surface area contributed by atoms with Crippen molar-refractivity contribution < 1.29 is 0 Å². The molecule has 1 aliphatic heterocycles. The van der Waals surface area contributed by atoms with Gasteiger partial charge in [0.1, 0.15) is 0 Å². The third kappa shape index (κ3) is 3.16. The molecule has 0 aliphatic carbocycles. The lowest BCUT2D eigenvalue weighted by Gasteiger charge is -2.27. The van der Waals surface area contributed by atoms with Crippen LogP contribution < -0.4 is 0 Å². The van der Waals surface area contributed by atoms with Gasteiger partial charge in [-0.05, 0) is 12.0 Å². The maximum Gasteiger partial charge on any atom is 0.193 e. The molecule has 1 aromatic heterocycles. The van der Waals surface area contributed by atoms with Crippen molar-refractivity contribution in [3.05, 3.63) is 66.2 Å². The van der Waals surface area contributed by atoms with E-state index in [1.54, 1.807) is 11.8 Å². The Balaban J connectivity index is 1.49. The Morgan fingerprint density at radius 1 is 0.913 bits per heavy atom. The van der Waals surface area contributed by atoms with Crippen LogP contribution in [0.25, 0.3) is 11.4 Å². The van der Waals surface area contributed by atoms with Gasteiger partial charge >= 0.3 is 0 Å². The van der Waals surface area contributed by atoms with Gasteiger partial charge in [-0.2, -0.15) is 0 Å². The van der Waals surface area contributed by atoms with Crippen LogP contribution in [0.3, 0.4) is 0 Å². The molecule has 3 aromatic rings. The van der Waals surface area contributed by atoms with Crippen molar-refractivity contribution >= 4 is 11.8 Å². The highest BCUT2D eigenvalue weighted by Gasteiger charge is 2.22. The van der Waals surface area contributed by atoms with Gasteiger partial charge in [0.05, 0.1) is 12.5 Å². The summed E-state index contributed by atoms with van der Waals surface area (Å²) in [6.45, 7) is 1.90. The first-order valence-corrected chi connectivity index (χ1v) is 8.76. The quantitative estimate of drug-likeness (QED) is 0.736. The molecule has 0 saturated carbocycles. The lowest BCUT2D eigenvalue weighted by atomic mass is 10.1. The van der Waals surface area contributed by atoms with E-state index in [1.165, 1.54) is 5.56 Å². The monoisotopic (exact) mass is 322 g/mol. The number of aromatic nitrogens is 3. The standard InChI is InChI=1S/C18H18N4S/c1-3-7-15(8-4-1)11-12-21-13-22-17(16-9-5-2-6-10-16)19-20-18(22)23-14-21/h1-10H,11-14H2. The fourth-order valence-corrected chi connectivity index (χ4v) is 3.69. The Kier molecular flexibility index (Phi) is 4.13. The number of hydrogen-bond acceptors (Lipinski definition) is 4. The molecular formula is C18H18N4S. The lowest BCUT2D eigenvalue weighted by Crippen LogP contribution is -2.32. The summed E-state index contributed by atoms with van der Waals surface area (Å²) in [5, 5.41) is 9.74. The van der Waals surface area contributed by atoms with Gasteiger partial charge in [0, 0.05) is 12.1 Å². The number of thioether (sulfide) groups is 1. The highest BCUT2D eigenvalue weighted by atomic mass is 32.2. The molecule has 2 aromatic carbocycles. The number of rotatable bonds is 4. The highest BCUT2D eigenvalue weighted by molar-refractivity contribution is 7.99. The third-order valence-corrected chi connectivity index (χ3v) is 5.08. The summed E-state index contributed by atoms with van der Waals surface area (Å²) in [5.41, 5.74) is 2.51. The summed E-state index contributed by atoms with van der Waals surface area (Å²) in [6, 6.07) is 20.9. The van der Waals surface area contributed by atoms with Crippen LogP contribution in [0.2, 0.25) is 0 Å². The predicted octanol–water partition coefficient (Wildman–Crippen LogP) is 3.51. The van der Waals surface area contributed by atoms with Crippen molar-refractivity contribution in [1.82, 2.24) is 19.7 Å². The van der Waals surface area contributed by atoms with Gasteiger partial charge in [0.25, 0.3) is 0 Å². The van der Waals surface area contributed by atoms with Gasteiger partial charge in [0.2, 0.25) is 0 Å². The van der Waals surface area contributed by atoms with Gasteiger partial charge in [-0.25, -0.2) is 0 Å². The van der Waals surface area contributed by atoms with Gasteiger partial charge < -0.3 is 0 Å². The second-order valence-electron chi connectivity index (χ2n) is 5.65. The van der Waals surface area contributed by atoms with E-state index in [9.17, 15) is 0 Å². The molecule has 0 radical (unpaired) electrons. The van der Waals surface area contributed by atoms with E-state index in [1.807, 2.05) is 18.2 Å². The molecule has 0 fully saturated rings. The molecule has 0 amide bonds. The summed E-state index contributed by atoms with van der Waals surface area (Å²) in [4.78, 5) is 2.44. The van der Waals surface area contributed by atoms with Crippen LogP contribution in [0.4, 0.5) is 0 Å². The van der Waals surface area contributed by atoms with E-state index in [0.717, 1.165) is 42.1 Å². The molecule has 0 N–H and O–H groups in total. The summed E-state index contributed by atoms with van der Waals surface area (Å²) < 4.78 is 2.22. The highest BCUT2D eigenvalue weighted by Crippen LogP contribution is 2.28. The molecule has 2 heterocycles. The van der Waals surface area contributed by atoms with Gasteiger partial charge in [-0.15, -0.1) is 10.2 Å². The first kappa shape index (κ1) is 14.5. The summed E-state index contributed by atoms with van der Waals surface area (Å²) >= 11 is 1.76. The minimum Gasteiger partial charge on any atom is -0.288 e. The van der Waals surface area contributed by atoms with Gasteiger partial charge in [-0.1, -0.05) is 72.4 Å². The van der Waals surface area contributed by atoms with Gasteiger partial charge in [0.15, 0.2) is 11.0 Å². The molecule has 0 atom stereocenters. The van der Waals surface area contributed by atoms with Crippen LogP contribution in [0.5, 0.6) is 0 Å². The zero-order chi connectivity index (χ0) is 15.5. The molecule has 0 saturated heterocycles. The molecule has 0 bridgehead atoms. The van der Waals surface area contributed by atoms with Crippen molar-refractivity contribution in [2.45, 2.75) is 18.2 Å². The Morgan fingerprint density at radius 2 is 1.65 bits per heavy atom. The van der Waals surface area contributed by atoms with Crippen molar-refractivity contribution in [3.63, 3.8) is 0 Å². The molecule has 0 unspecified atom stereocenters. The fourth-order valence-electron chi connectivity index (χ4n) is 2.78. The van der Waals surface area contributed by atoms with E-state index in [0.29, 0.717) is 0 Å². The van der Waals surface area contributed by atoms with Crippen molar-refractivity contribution in [3.8, 4) is 11.4 Å². The average molecular weight is 322 g/mol. The Hall–Kier alpha value is -2.11. The van der Waals surface area contributed by atoms with E-state index in [-0.39, 0.29) is 0 Å². The first-order chi connectivity index (χ1) is 11.4. The molecule has 5 heteroatoms. The van der Waals surface area contributed by atoms with Crippen LogP contribution >= 0.6 is 11.8 Å². The van der Waals surface area contributed by atoms with Crippen molar-refractivity contribution in [2.24, 2.45) is 0 Å². The fraction of sp³-hybridized carbons (Fsp3) is 0.222. The average Bonchev–Trinajstić information content (AvgIpc) is 3.05. The minimum atomic E-state index is 0.854. The largest absolute Gasteiger partial charge is 0.288 e. The van der Waals surface area contributed by atoms with Gasteiger partial charge in [-0.3, -0.25) is 9.47 Å². The second kappa shape index (κ2) is 6.56. The smallest absolute Gasteiger partial charge is 0.193 e. The summed E-state index contributed by atoms with van der Waals surface area (Å²) in [7, 11) is 0. The Bertz CT molecular complexity index is 770. The van der Waals surface area contributed by atoms with Crippen LogP contribution in [-0.4, -0.2) is 32.1 Å². The maximum absolute atomic E-state index is 4.39. The van der Waals surface area contributed by atoms with Crippen LogP contribution in [-0.2, 0) is 13.1 Å². The van der Waals surface area contributed by atoms with Crippen LogP contribution in [0.1, 0.15) is 5.56 Å². The predicted molar refractivity (Wildman–Crippen MR) is 93.0 cm³/mol. The van der Waals surface area contributed by atoms with Crippen molar-refractivity contribution in [2.75, 3.05) is 12.4 Å². The topological polar surface area (TPSA) is 34.0 Å². The Morgan fingerprint density at radius 3 is 2.43 bits per heavy atom. The number of hydrogen-bond donors (Lipinski definition) is 0. The second-order valence-corrected chi connectivity index (χ2v) is 6.56. The SMILES string of the molecule is c1ccc(CCN2CSc3nnc(-c4ccccc4)n3C2)cc1. The van der Waals surface area contributed by atoms with E-state index in [4.69, 9.17) is 0 Å². The summed E-state index contributed by atoms with van der Waals surface area (Å²) in [5.74, 6) is 1.93. The van der Waals surface area contributed by atoms with E-state index >= 15 is 0 Å². The minimum absolute atomic E-state index is 0.854. The molecule has 1 aliphatic rings.